The van der Waals surface area contributed by atoms with Gasteiger partial charge in [0.25, 0.3) is 0 Å². The van der Waals surface area contributed by atoms with Crippen LogP contribution in [0.25, 0.3) is 0 Å². The third-order valence-corrected chi connectivity index (χ3v) is 6.81. The third-order valence-electron chi connectivity index (χ3n) is 6.81. The molecule has 4 rings (SSSR count). The van der Waals surface area contributed by atoms with Gasteiger partial charge in [-0.1, -0.05) is 19.6 Å². The smallest absolute Gasteiger partial charge is 0.245 e. The van der Waals surface area contributed by atoms with Crippen LogP contribution in [0.2, 0.25) is 0 Å². The zero-order valence-electron chi connectivity index (χ0n) is 20.6. The highest BCUT2D eigenvalue weighted by molar-refractivity contribution is 6.17. The summed E-state index contributed by atoms with van der Waals surface area (Å²) in [7, 11) is 1.52. The van der Waals surface area contributed by atoms with Gasteiger partial charge in [0, 0.05) is 42.7 Å². The molecule has 1 saturated heterocycles. The SMILES string of the molecule is C=CC(=O)N1CCC(C(C)c2ncnc(N)c2C(=NC)c2ccc(C(=O)c3ccc(F)cc3)cc2F)C1. The molecule has 3 aromatic rings. The Labute approximate surface area is 213 Å². The van der Waals surface area contributed by atoms with Gasteiger partial charge in [-0.05, 0) is 54.8 Å². The van der Waals surface area contributed by atoms with Gasteiger partial charge in [-0.3, -0.25) is 14.6 Å². The van der Waals surface area contributed by atoms with Gasteiger partial charge in [-0.15, -0.1) is 0 Å². The minimum atomic E-state index is -0.668. The molecule has 0 spiro atoms. The zero-order valence-corrected chi connectivity index (χ0v) is 20.6. The number of hydrogen-bond acceptors (Lipinski definition) is 6. The number of anilines is 1. The van der Waals surface area contributed by atoms with Crippen LogP contribution < -0.4 is 5.73 Å². The van der Waals surface area contributed by atoms with Crippen LogP contribution in [-0.2, 0) is 4.79 Å². The fraction of sp³-hybridized carbons (Fsp3) is 0.250. The summed E-state index contributed by atoms with van der Waals surface area (Å²) in [5.41, 5.74) is 8.06. The molecular weight excluding hydrogens is 476 g/mol. The Kier molecular flexibility index (Phi) is 7.52. The molecule has 9 heteroatoms. The molecule has 1 amide bonds. The fourth-order valence-corrected chi connectivity index (χ4v) is 4.73. The van der Waals surface area contributed by atoms with Crippen molar-refractivity contribution in [2.45, 2.75) is 19.3 Å². The van der Waals surface area contributed by atoms with E-state index in [0.29, 0.717) is 24.3 Å². The second-order valence-corrected chi connectivity index (χ2v) is 8.95. The predicted molar refractivity (Wildman–Crippen MR) is 138 cm³/mol. The molecule has 7 nitrogen and oxygen atoms in total. The number of ketones is 1. The number of nitrogens with zero attached hydrogens (tertiary/aromatic N) is 4. The van der Waals surface area contributed by atoms with E-state index in [2.05, 4.69) is 21.5 Å². The van der Waals surface area contributed by atoms with Crippen molar-refractivity contribution >= 4 is 23.2 Å². The van der Waals surface area contributed by atoms with Gasteiger partial charge in [0.05, 0.1) is 17.0 Å². The minimum absolute atomic E-state index is 0.107. The summed E-state index contributed by atoms with van der Waals surface area (Å²) in [6.07, 6.45) is 3.44. The Morgan fingerprint density at radius 2 is 1.86 bits per heavy atom. The van der Waals surface area contributed by atoms with Gasteiger partial charge in [-0.25, -0.2) is 18.7 Å². The summed E-state index contributed by atoms with van der Waals surface area (Å²) in [6.45, 7) is 6.71. The highest BCUT2D eigenvalue weighted by Crippen LogP contribution is 2.35. The van der Waals surface area contributed by atoms with Gasteiger partial charge in [0.1, 0.15) is 23.8 Å². The Hall–Kier alpha value is -4.27. The lowest BCUT2D eigenvalue weighted by Gasteiger charge is -2.23. The van der Waals surface area contributed by atoms with Crippen molar-refractivity contribution in [3.63, 3.8) is 0 Å². The molecule has 2 unspecified atom stereocenters. The lowest BCUT2D eigenvalue weighted by molar-refractivity contribution is -0.125. The molecule has 1 aromatic heterocycles. The van der Waals surface area contributed by atoms with E-state index in [9.17, 15) is 14.0 Å². The molecule has 2 aromatic carbocycles. The summed E-state index contributed by atoms with van der Waals surface area (Å²) in [5, 5.41) is 0. The summed E-state index contributed by atoms with van der Waals surface area (Å²) in [5.74, 6) is -1.55. The van der Waals surface area contributed by atoms with Crippen LogP contribution in [0.3, 0.4) is 0 Å². The largest absolute Gasteiger partial charge is 0.383 e. The van der Waals surface area contributed by atoms with Crippen molar-refractivity contribution in [2.75, 3.05) is 25.9 Å². The monoisotopic (exact) mass is 503 g/mol. The number of nitrogens with two attached hydrogens (primary N) is 1. The molecule has 37 heavy (non-hydrogen) atoms. The molecule has 190 valence electrons. The molecule has 2 atom stereocenters. The Morgan fingerprint density at radius 1 is 1.16 bits per heavy atom. The summed E-state index contributed by atoms with van der Waals surface area (Å²) in [4.78, 5) is 39.5. The van der Waals surface area contributed by atoms with Crippen LogP contribution >= 0.6 is 0 Å². The van der Waals surface area contributed by atoms with E-state index in [1.807, 2.05) is 6.92 Å². The topological polar surface area (TPSA) is 102 Å². The van der Waals surface area contributed by atoms with Crippen LogP contribution in [0, 0.1) is 17.6 Å². The van der Waals surface area contributed by atoms with E-state index in [1.165, 1.54) is 55.8 Å². The van der Waals surface area contributed by atoms with Crippen LogP contribution in [0.5, 0.6) is 0 Å². The van der Waals surface area contributed by atoms with Crippen molar-refractivity contribution in [2.24, 2.45) is 10.9 Å². The van der Waals surface area contributed by atoms with Gasteiger partial charge >= 0.3 is 0 Å². The van der Waals surface area contributed by atoms with Crippen LogP contribution in [0.15, 0.2) is 66.4 Å². The maximum absolute atomic E-state index is 15.4. The molecule has 0 aliphatic carbocycles. The number of rotatable bonds is 7. The maximum Gasteiger partial charge on any atom is 0.245 e. The second-order valence-electron chi connectivity index (χ2n) is 8.95. The number of benzene rings is 2. The highest BCUT2D eigenvalue weighted by atomic mass is 19.1. The Morgan fingerprint density at radius 3 is 2.51 bits per heavy atom. The highest BCUT2D eigenvalue weighted by Gasteiger charge is 2.33. The first-order chi connectivity index (χ1) is 17.7. The van der Waals surface area contributed by atoms with Crippen molar-refractivity contribution in [1.29, 1.82) is 0 Å². The second kappa shape index (κ2) is 10.8. The van der Waals surface area contributed by atoms with Crippen molar-refractivity contribution in [3.8, 4) is 0 Å². The van der Waals surface area contributed by atoms with E-state index < -0.39 is 17.4 Å². The normalized spacial score (nSPS) is 16.5. The predicted octanol–water partition coefficient (Wildman–Crippen LogP) is 4.17. The number of nitrogen functional groups attached to an aromatic ring is 1. The lowest BCUT2D eigenvalue weighted by Crippen LogP contribution is -2.28. The fourth-order valence-electron chi connectivity index (χ4n) is 4.73. The number of amides is 1. The van der Waals surface area contributed by atoms with Crippen molar-refractivity contribution < 1.29 is 18.4 Å². The van der Waals surface area contributed by atoms with Gasteiger partial charge in [0.2, 0.25) is 5.91 Å². The lowest BCUT2D eigenvalue weighted by atomic mass is 9.85. The molecular formula is C28H27F2N5O2. The van der Waals surface area contributed by atoms with Gasteiger partial charge in [-0.2, -0.15) is 0 Å². The van der Waals surface area contributed by atoms with E-state index in [0.717, 1.165) is 12.5 Å². The van der Waals surface area contributed by atoms with Crippen molar-refractivity contribution in [1.82, 2.24) is 14.9 Å². The molecule has 0 saturated carbocycles. The number of aromatic nitrogens is 2. The first-order valence-electron chi connectivity index (χ1n) is 11.8. The summed E-state index contributed by atoms with van der Waals surface area (Å²) >= 11 is 0. The first kappa shape index (κ1) is 25.8. The zero-order chi connectivity index (χ0) is 26.7. The van der Waals surface area contributed by atoms with E-state index in [1.54, 1.807) is 4.90 Å². The summed E-state index contributed by atoms with van der Waals surface area (Å²) < 4.78 is 28.7. The summed E-state index contributed by atoms with van der Waals surface area (Å²) in [6, 6.07) is 9.15. The van der Waals surface area contributed by atoms with Gasteiger partial charge < -0.3 is 10.6 Å². The van der Waals surface area contributed by atoms with E-state index in [4.69, 9.17) is 5.73 Å². The van der Waals surface area contributed by atoms with Crippen LogP contribution in [0.4, 0.5) is 14.6 Å². The van der Waals surface area contributed by atoms with Crippen molar-refractivity contribution in [3.05, 3.63) is 101 Å². The quantitative estimate of drug-likeness (QED) is 0.296. The number of likely N-dealkylation sites (tertiary alicyclic amines) is 1. The number of hydrogen-bond donors (Lipinski definition) is 1. The first-order valence-corrected chi connectivity index (χ1v) is 11.8. The molecule has 0 bridgehead atoms. The van der Waals surface area contributed by atoms with Crippen LogP contribution in [0.1, 0.15) is 52.0 Å². The van der Waals surface area contributed by atoms with E-state index >= 15 is 4.39 Å². The molecule has 2 heterocycles. The maximum atomic E-state index is 15.4. The average molecular weight is 504 g/mol. The Bertz CT molecular complexity index is 1390. The Balaban J connectivity index is 1.67. The molecule has 1 aliphatic heterocycles. The standard InChI is InChI=1S/C28H27F2N5O2/c1-4-23(36)35-12-11-19(14-35)16(2)25-24(28(31)34-15-33-25)26(32-3)21-10-7-18(13-22(21)30)27(37)17-5-8-20(29)9-6-17/h4-10,13,15-16,19H,1,11-12,14H2,2-3H3,(H2,31,33,34). The molecule has 1 fully saturated rings. The van der Waals surface area contributed by atoms with Crippen LogP contribution in [-0.4, -0.2) is 52.4 Å². The minimum Gasteiger partial charge on any atom is -0.383 e. The number of aliphatic imine (C=N–C) groups is 1. The van der Waals surface area contributed by atoms with Gasteiger partial charge in [0.15, 0.2) is 5.78 Å². The number of halogens is 2. The third kappa shape index (κ3) is 5.16. The number of carbonyl (C=O) groups is 2. The van der Waals surface area contributed by atoms with E-state index in [-0.39, 0.29) is 46.0 Å². The molecule has 0 radical (unpaired) electrons. The number of carbonyl (C=O) groups excluding carboxylic acids is 2. The molecule has 1 aliphatic rings. The molecule has 2 N–H and O–H groups in total. The average Bonchev–Trinajstić information content (AvgIpc) is 3.40.